The Hall–Kier alpha value is -1.60. The number of nitrogens with zero attached hydrogens (tertiary/aromatic N) is 1. The zero-order chi connectivity index (χ0) is 24.1. The molecule has 0 saturated carbocycles. The van der Waals surface area contributed by atoms with Crippen molar-refractivity contribution in [2.75, 3.05) is 26.8 Å². The molecule has 9 heteroatoms. The SMILES string of the molecule is COc1cccc(C23CCN(C(=O)OCC(Cl)(Cl)Cl)CC2Cc2c([nH]c4c(Br)cccc24)C3)c1. The first-order chi connectivity index (χ1) is 16.2. The quantitative estimate of drug-likeness (QED) is 0.344. The van der Waals surface area contributed by atoms with Crippen molar-refractivity contribution in [1.82, 2.24) is 9.88 Å². The number of alkyl halides is 3. The molecule has 2 unspecified atom stereocenters. The second-order valence-corrected chi connectivity index (χ2v) is 12.4. The van der Waals surface area contributed by atoms with Gasteiger partial charge in [0, 0.05) is 34.1 Å². The van der Waals surface area contributed by atoms with Crippen molar-refractivity contribution in [3.63, 3.8) is 0 Å². The average Bonchev–Trinajstić information content (AvgIpc) is 3.18. The molecule has 1 N–H and O–H groups in total. The van der Waals surface area contributed by atoms with Gasteiger partial charge in [-0.1, -0.05) is 59.1 Å². The third kappa shape index (κ3) is 4.39. The predicted molar refractivity (Wildman–Crippen MR) is 139 cm³/mol. The number of methoxy groups -OCH3 is 1. The van der Waals surface area contributed by atoms with Crippen LogP contribution >= 0.6 is 50.7 Å². The van der Waals surface area contributed by atoms with E-state index in [9.17, 15) is 4.79 Å². The number of ether oxygens (including phenoxy) is 2. The van der Waals surface area contributed by atoms with E-state index >= 15 is 0 Å². The number of fused-ring (bicyclic) bond motifs is 4. The summed E-state index contributed by atoms with van der Waals surface area (Å²) >= 11 is 21.0. The third-order valence-corrected chi connectivity index (χ3v) is 8.22. The number of likely N-dealkylation sites (tertiary alicyclic amines) is 1. The Morgan fingerprint density at radius 1 is 1.26 bits per heavy atom. The van der Waals surface area contributed by atoms with Crippen LogP contribution in [-0.4, -0.2) is 46.6 Å². The maximum atomic E-state index is 12.8. The number of H-pyrrole nitrogens is 1. The van der Waals surface area contributed by atoms with Gasteiger partial charge in [0.25, 0.3) is 0 Å². The number of hydrogen-bond donors (Lipinski definition) is 1. The van der Waals surface area contributed by atoms with Crippen LogP contribution in [0.15, 0.2) is 46.9 Å². The van der Waals surface area contributed by atoms with Gasteiger partial charge in [-0.25, -0.2) is 4.79 Å². The topological polar surface area (TPSA) is 54.6 Å². The molecule has 2 aromatic carbocycles. The molecular weight excluding hydrogens is 563 g/mol. The number of nitrogens with one attached hydrogen (secondary N) is 1. The van der Waals surface area contributed by atoms with Gasteiger partial charge in [0.15, 0.2) is 0 Å². The molecule has 180 valence electrons. The number of halogens is 4. The Morgan fingerprint density at radius 2 is 2.06 bits per heavy atom. The lowest BCUT2D eigenvalue weighted by molar-refractivity contribution is 0.0539. The fourth-order valence-electron chi connectivity index (χ4n) is 5.62. The van der Waals surface area contributed by atoms with Crippen LogP contribution in [-0.2, 0) is 23.0 Å². The molecular formula is C25H24BrCl3N2O3. The van der Waals surface area contributed by atoms with Crippen molar-refractivity contribution in [2.45, 2.75) is 28.5 Å². The third-order valence-electron chi connectivity index (χ3n) is 7.23. The summed E-state index contributed by atoms with van der Waals surface area (Å²) in [6.45, 7) is 0.848. The molecule has 5 nitrogen and oxygen atoms in total. The largest absolute Gasteiger partial charge is 0.497 e. The minimum atomic E-state index is -1.63. The maximum absolute atomic E-state index is 12.8. The number of aromatic nitrogens is 1. The number of aromatic amines is 1. The van der Waals surface area contributed by atoms with Crippen LogP contribution in [0.25, 0.3) is 10.9 Å². The lowest BCUT2D eigenvalue weighted by Gasteiger charge is -2.50. The highest BCUT2D eigenvalue weighted by Gasteiger charge is 2.49. The number of rotatable bonds is 3. The van der Waals surface area contributed by atoms with E-state index in [0.29, 0.717) is 13.1 Å². The molecule has 1 saturated heterocycles. The molecule has 1 aliphatic heterocycles. The standard InChI is InChI=1S/C25H24BrCl3N2O3/c1-33-17-5-2-4-15(10-17)24-8-9-31(23(32)34-14-25(27,28)29)13-16(24)11-19-18-6-3-7-20(26)22(18)30-21(19)12-24/h2-7,10,16,30H,8-9,11-14H2,1H3. The van der Waals surface area contributed by atoms with Crippen molar-refractivity contribution in [3.8, 4) is 5.75 Å². The Labute approximate surface area is 221 Å². The Bertz CT molecular complexity index is 1240. The molecule has 2 atom stereocenters. The minimum absolute atomic E-state index is 0.138. The van der Waals surface area contributed by atoms with Gasteiger partial charge in [0.2, 0.25) is 3.79 Å². The first-order valence-electron chi connectivity index (χ1n) is 11.1. The van der Waals surface area contributed by atoms with Crippen LogP contribution in [0.3, 0.4) is 0 Å². The lowest BCUT2D eigenvalue weighted by Crippen LogP contribution is -2.55. The first-order valence-corrected chi connectivity index (χ1v) is 13.0. The fourth-order valence-corrected chi connectivity index (χ4v) is 6.25. The molecule has 2 aliphatic rings. The molecule has 2 heterocycles. The van der Waals surface area contributed by atoms with Crippen LogP contribution < -0.4 is 4.74 Å². The van der Waals surface area contributed by atoms with Crippen molar-refractivity contribution in [3.05, 3.63) is 63.8 Å². The van der Waals surface area contributed by atoms with Gasteiger partial charge in [0.05, 0.1) is 12.6 Å². The van der Waals surface area contributed by atoms with E-state index in [1.807, 2.05) is 12.1 Å². The van der Waals surface area contributed by atoms with Gasteiger partial charge in [-0.15, -0.1) is 0 Å². The molecule has 34 heavy (non-hydrogen) atoms. The number of carbonyl (C=O) groups is 1. The fraction of sp³-hybridized carbons (Fsp3) is 0.400. The van der Waals surface area contributed by atoms with Crippen LogP contribution in [0.4, 0.5) is 4.79 Å². The van der Waals surface area contributed by atoms with Crippen LogP contribution in [0.5, 0.6) is 5.75 Å². The summed E-state index contributed by atoms with van der Waals surface area (Å²) in [5.74, 6) is 1.03. The van der Waals surface area contributed by atoms with Crippen molar-refractivity contribution in [1.29, 1.82) is 0 Å². The Kier molecular flexibility index (Phi) is 6.47. The Balaban J connectivity index is 1.53. The highest BCUT2D eigenvalue weighted by atomic mass is 79.9. The number of hydrogen-bond acceptors (Lipinski definition) is 3. The molecule has 0 radical (unpaired) electrons. The van der Waals surface area contributed by atoms with Crippen molar-refractivity contribution < 1.29 is 14.3 Å². The van der Waals surface area contributed by atoms with E-state index < -0.39 is 9.89 Å². The normalized spacial score (nSPS) is 22.3. The number of para-hydroxylation sites is 1. The average molecular weight is 587 g/mol. The number of carbonyl (C=O) groups excluding carboxylic acids is 1. The van der Waals surface area contributed by atoms with E-state index in [-0.39, 0.29) is 17.9 Å². The second kappa shape index (κ2) is 9.12. The summed E-state index contributed by atoms with van der Waals surface area (Å²) in [5.41, 5.74) is 4.78. The van der Waals surface area contributed by atoms with Gasteiger partial charge in [0.1, 0.15) is 12.4 Å². The van der Waals surface area contributed by atoms with Gasteiger partial charge < -0.3 is 19.4 Å². The highest BCUT2D eigenvalue weighted by Crippen LogP contribution is 2.50. The van der Waals surface area contributed by atoms with Gasteiger partial charge >= 0.3 is 6.09 Å². The van der Waals surface area contributed by atoms with E-state index in [4.69, 9.17) is 44.3 Å². The molecule has 0 bridgehead atoms. The van der Waals surface area contributed by atoms with E-state index in [1.165, 1.54) is 22.2 Å². The smallest absolute Gasteiger partial charge is 0.409 e. The number of piperidine rings is 1. The van der Waals surface area contributed by atoms with Gasteiger partial charge in [-0.2, -0.15) is 0 Å². The lowest BCUT2D eigenvalue weighted by atomic mass is 9.59. The summed E-state index contributed by atoms with van der Waals surface area (Å²) in [6.07, 6.45) is 2.05. The molecule has 1 fully saturated rings. The molecule has 1 aromatic heterocycles. The van der Waals surface area contributed by atoms with Crippen molar-refractivity contribution >= 4 is 67.7 Å². The molecule has 1 amide bonds. The maximum Gasteiger partial charge on any atom is 0.409 e. The van der Waals surface area contributed by atoms with Gasteiger partial charge in [-0.05, 0) is 70.4 Å². The summed E-state index contributed by atoms with van der Waals surface area (Å²) in [5, 5.41) is 1.22. The van der Waals surface area contributed by atoms with Crippen LogP contribution in [0.2, 0.25) is 0 Å². The highest BCUT2D eigenvalue weighted by molar-refractivity contribution is 9.10. The molecule has 0 spiro atoms. The zero-order valence-electron chi connectivity index (χ0n) is 18.5. The van der Waals surface area contributed by atoms with Crippen molar-refractivity contribution in [2.24, 2.45) is 5.92 Å². The summed E-state index contributed by atoms with van der Waals surface area (Å²) in [6, 6.07) is 14.6. The van der Waals surface area contributed by atoms with E-state index in [2.05, 4.69) is 51.2 Å². The zero-order valence-corrected chi connectivity index (χ0v) is 22.4. The molecule has 3 aromatic rings. The summed E-state index contributed by atoms with van der Waals surface area (Å²) in [7, 11) is 1.69. The Morgan fingerprint density at radius 3 is 2.82 bits per heavy atom. The number of benzene rings is 2. The van der Waals surface area contributed by atoms with E-state index in [1.54, 1.807) is 12.0 Å². The predicted octanol–water partition coefficient (Wildman–Crippen LogP) is 6.80. The molecule has 1 aliphatic carbocycles. The number of amides is 1. The summed E-state index contributed by atoms with van der Waals surface area (Å²) in [4.78, 5) is 18.2. The second-order valence-electron chi connectivity index (χ2n) is 9.08. The molecule has 5 rings (SSSR count). The van der Waals surface area contributed by atoms with Gasteiger partial charge in [-0.3, -0.25) is 0 Å². The summed E-state index contributed by atoms with van der Waals surface area (Å²) < 4.78 is 10.3. The monoisotopic (exact) mass is 584 g/mol. The first kappa shape index (κ1) is 24.1. The minimum Gasteiger partial charge on any atom is -0.497 e. The van der Waals surface area contributed by atoms with E-state index in [0.717, 1.165) is 35.0 Å². The van der Waals surface area contributed by atoms with Crippen LogP contribution in [0.1, 0.15) is 23.2 Å². The van der Waals surface area contributed by atoms with Crippen LogP contribution in [0, 0.1) is 5.92 Å².